The van der Waals surface area contributed by atoms with E-state index in [1.54, 1.807) is 11.8 Å². The number of amides is 2. The number of aryl methyl sites for hydroxylation is 1. The summed E-state index contributed by atoms with van der Waals surface area (Å²) in [5.41, 5.74) is 1.24. The lowest BCUT2D eigenvalue weighted by molar-refractivity contribution is -0.131. The monoisotopic (exact) mass is 392 g/mol. The summed E-state index contributed by atoms with van der Waals surface area (Å²) in [6, 6.07) is 0. The maximum absolute atomic E-state index is 12.8. The molecule has 0 unspecified atom stereocenters. The van der Waals surface area contributed by atoms with Crippen molar-refractivity contribution in [1.29, 1.82) is 0 Å². The van der Waals surface area contributed by atoms with Gasteiger partial charge in [0.15, 0.2) is 0 Å². The topological polar surface area (TPSA) is 75.7 Å². The van der Waals surface area contributed by atoms with Gasteiger partial charge in [0, 0.05) is 23.4 Å². The van der Waals surface area contributed by atoms with Gasteiger partial charge in [-0.3, -0.25) is 9.59 Å². The van der Waals surface area contributed by atoms with Gasteiger partial charge in [-0.2, -0.15) is 0 Å². The number of hydrogen-bond donors (Lipinski definition) is 1. The predicted molar refractivity (Wildman–Crippen MR) is 105 cm³/mol. The van der Waals surface area contributed by atoms with Crippen LogP contribution in [0.15, 0.2) is 0 Å². The molecule has 3 rings (SSSR count). The van der Waals surface area contributed by atoms with Crippen LogP contribution in [-0.4, -0.2) is 41.4 Å². The zero-order valence-electron chi connectivity index (χ0n) is 16.5. The number of nitrogens with one attached hydrogen (secondary N) is 1. The van der Waals surface area contributed by atoms with Crippen LogP contribution in [0.2, 0.25) is 0 Å². The first-order valence-electron chi connectivity index (χ1n) is 9.65. The molecule has 2 amide bonds. The fourth-order valence-electron chi connectivity index (χ4n) is 3.82. The summed E-state index contributed by atoms with van der Waals surface area (Å²) >= 11 is 1.48. The van der Waals surface area contributed by atoms with Crippen molar-refractivity contribution >= 4 is 34.1 Å². The van der Waals surface area contributed by atoms with Gasteiger partial charge >= 0.3 is 5.97 Å². The van der Waals surface area contributed by atoms with E-state index in [2.05, 4.69) is 5.32 Å². The molecule has 0 spiro atoms. The maximum atomic E-state index is 12.8. The molecule has 27 heavy (non-hydrogen) atoms. The van der Waals surface area contributed by atoms with Gasteiger partial charge in [0.25, 0.3) is 0 Å². The molecular weight excluding hydrogens is 364 g/mol. The van der Waals surface area contributed by atoms with Crippen molar-refractivity contribution in [1.82, 2.24) is 4.90 Å². The molecule has 1 saturated heterocycles. The highest BCUT2D eigenvalue weighted by Gasteiger charge is 2.40. The third kappa shape index (κ3) is 4.03. The molecule has 1 aliphatic heterocycles. The normalized spacial score (nSPS) is 19.8. The Labute approximate surface area is 164 Å². The van der Waals surface area contributed by atoms with Crippen molar-refractivity contribution in [2.75, 3.05) is 18.5 Å². The van der Waals surface area contributed by atoms with Crippen molar-refractivity contribution in [3.05, 3.63) is 16.0 Å². The minimum Gasteiger partial charge on any atom is -0.462 e. The highest BCUT2D eigenvalue weighted by Crippen LogP contribution is 2.39. The molecule has 2 heterocycles. The molecule has 148 valence electrons. The van der Waals surface area contributed by atoms with Crippen molar-refractivity contribution in [2.24, 2.45) is 5.92 Å². The highest BCUT2D eigenvalue weighted by molar-refractivity contribution is 7.17. The number of thiophene rings is 1. The van der Waals surface area contributed by atoms with Crippen LogP contribution < -0.4 is 5.32 Å². The Morgan fingerprint density at radius 3 is 2.59 bits per heavy atom. The average Bonchev–Trinajstić information content (AvgIpc) is 3.15. The van der Waals surface area contributed by atoms with Crippen LogP contribution in [0.4, 0.5) is 5.00 Å². The first-order valence-corrected chi connectivity index (χ1v) is 10.5. The zero-order chi connectivity index (χ0) is 19.8. The van der Waals surface area contributed by atoms with Gasteiger partial charge in [0.2, 0.25) is 11.8 Å². The van der Waals surface area contributed by atoms with Gasteiger partial charge in [-0.25, -0.2) is 4.79 Å². The van der Waals surface area contributed by atoms with Crippen LogP contribution >= 0.6 is 11.3 Å². The number of rotatable bonds is 4. The summed E-state index contributed by atoms with van der Waals surface area (Å²) in [6.45, 7) is 8.40. The number of carbonyl (C=O) groups is 3. The minimum atomic E-state index is -0.397. The van der Waals surface area contributed by atoms with Crippen LogP contribution in [-0.2, 0) is 27.2 Å². The first-order chi connectivity index (χ1) is 12.7. The molecule has 0 aromatic carbocycles. The molecule has 0 saturated carbocycles. The molecule has 1 fully saturated rings. The molecule has 1 aliphatic carbocycles. The number of likely N-dealkylation sites (tertiary alicyclic amines) is 1. The average molecular weight is 393 g/mol. The number of carbonyl (C=O) groups excluding carboxylic acids is 3. The summed E-state index contributed by atoms with van der Waals surface area (Å²) in [6.07, 6.45) is 4.13. The van der Waals surface area contributed by atoms with Crippen molar-refractivity contribution in [2.45, 2.75) is 65.3 Å². The Bertz CT molecular complexity index is 763. The summed E-state index contributed by atoms with van der Waals surface area (Å²) in [4.78, 5) is 40.6. The molecule has 7 heteroatoms. The van der Waals surface area contributed by atoms with E-state index in [0.717, 1.165) is 31.2 Å². The van der Waals surface area contributed by atoms with Gasteiger partial charge in [0.05, 0.1) is 18.1 Å². The standard InChI is InChI=1S/C20H28N2O4S/c1-5-26-19(25)16-13-8-6-7-9-14(13)27-18(16)21-17(24)12-10-15(23)22(11-12)20(2,3)4/h12H,5-11H2,1-4H3,(H,21,24)/t12-/m0/s1. The molecule has 1 aromatic heterocycles. The van der Waals surface area contributed by atoms with Crippen LogP contribution in [0.25, 0.3) is 0 Å². The van der Waals surface area contributed by atoms with Gasteiger partial charge in [-0.05, 0) is 58.9 Å². The molecule has 2 aliphatic rings. The third-order valence-corrected chi connectivity index (χ3v) is 6.40. The lowest BCUT2D eigenvalue weighted by atomic mass is 9.95. The SMILES string of the molecule is CCOC(=O)c1c(NC(=O)[C@H]2CC(=O)N(C(C)(C)C)C2)sc2c1CCCC2. The van der Waals surface area contributed by atoms with Gasteiger partial charge in [-0.1, -0.05) is 0 Å². The molecule has 6 nitrogen and oxygen atoms in total. The summed E-state index contributed by atoms with van der Waals surface area (Å²) in [7, 11) is 0. The zero-order valence-corrected chi connectivity index (χ0v) is 17.3. The van der Waals surface area contributed by atoms with Crippen molar-refractivity contribution in [3.8, 4) is 0 Å². The van der Waals surface area contributed by atoms with Gasteiger partial charge < -0.3 is 15.0 Å². The molecule has 0 bridgehead atoms. The summed E-state index contributed by atoms with van der Waals surface area (Å²) in [5, 5.41) is 3.52. The van der Waals surface area contributed by atoms with E-state index >= 15 is 0 Å². The Kier molecular flexibility index (Phi) is 5.60. The van der Waals surface area contributed by atoms with E-state index in [0.29, 0.717) is 23.7 Å². The van der Waals surface area contributed by atoms with E-state index in [4.69, 9.17) is 4.74 Å². The third-order valence-electron chi connectivity index (χ3n) is 5.19. The lowest BCUT2D eigenvalue weighted by Gasteiger charge is -2.31. The number of esters is 1. The Morgan fingerprint density at radius 1 is 1.26 bits per heavy atom. The maximum Gasteiger partial charge on any atom is 0.341 e. The van der Waals surface area contributed by atoms with E-state index in [1.165, 1.54) is 16.2 Å². The van der Waals surface area contributed by atoms with Crippen LogP contribution in [0, 0.1) is 5.92 Å². The van der Waals surface area contributed by atoms with Crippen LogP contribution in [0.3, 0.4) is 0 Å². The first kappa shape index (κ1) is 19.9. The van der Waals surface area contributed by atoms with E-state index in [-0.39, 0.29) is 29.7 Å². The predicted octanol–water partition coefficient (Wildman–Crippen LogP) is 3.39. The lowest BCUT2D eigenvalue weighted by Crippen LogP contribution is -2.42. The number of anilines is 1. The van der Waals surface area contributed by atoms with Crippen molar-refractivity contribution in [3.63, 3.8) is 0 Å². The second-order valence-electron chi connectivity index (χ2n) is 8.20. The summed E-state index contributed by atoms with van der Waals surface area (Å²) < 4.78 is 5.23. The Morgan fingerprint density at radius 2 is 1.96 bits per heavy atom. The number of fused-ring (bicyclic) bond motifs is 1. The summed E-state index contributed by atoms with van der Waals surface area (Å²) in [5.74, 6) is -0.963. The Balaban J connectivity index is 1.81. The number of nitrogens with zero attached hydrogens (tertiary/aromatic N) is 1. The van der Waals surface area contributed by atoms with Crippen molar-refractivity contribution < 1.29 is 19.1 Å². The highest BCUT2D eigenvalue weighted by atomic mass is 32.1. The van der Waals surface area contributed by atoms with E-state index < -0.39 is 5.92 Å². The number of hydrogen-bond acceptors (Lipinski definition) is 5. The van der Waals surface area contributed by atoms with Crippen LogP contribution in [0.1, 0.15) is 67.8 Å². The minimum absolute atomic E-state index is 0.00117. The molecule has 1 N–H and O–H groups in total. The number of ether oxygens (including phenoxy) is 1. The fourth-order valence-corrected chi connectivity index (χ4v) is 5.10. The van der Waals surface area contributed by atoms with E-state index in [1.807, 2.05) is 20.8 Å². The quantitative estimate of drug-likeness (QED) is 0.797. The largest absolute Gasteiger partial charge is 0.462 e. The van der Waals surface area contributed by atoms with Gasteiger partial charge in [-0.15, -0.1) is 11.3 Å². The van der Waals surface area contributed by atoms with E-state index in [9.17, 15) is 14.4 Å². The fraction of sp³-hybridized carbons (Fsp3) is 0.650. The second kappa shape index (κ2) is 7.62. The molecule has 1 aromatic rings. The molecule has 0 radical (unpaired) electrons. The smallest absolute Gasteiger partial charge is 0.341 e. The van der Waals surface area contributed by atoms with Crippen LogP contribution in [0.5, 0.6) is 0 Å². The molecule has 1 atom stereocenters. The second-order valence-corrected chi connectivity index (χ2v) is 9.31. The Hall–Kier alpha value is -1.89. The molecular formula is C20H28N2O4S. The van der Waals surface area contributed by atoms with Gasteiger partial charge in [0.1, 0.15) is 5.00 Å².